The van der Waals surface area contributed by atoms with Crippen molar-refractivity contribution in [2.45, 2.75) is 39.0 Å². The van der Waals surface area contributed by atoms with Crippen LogP contribution in [0.1, 0.15) is 39.0 Å². The summed E-state index contributed by atoms with van der Waals surface area (Å²) < 4.78 is 36.5. The molecule has 0 fully saturated rings. The fourth-order valence-electron chi connectivity index (χ4n) is 2.22. The average Bonchev–Trinajstić information content (AvgIpc) is 2.78. The number of carbonyl (C=O) groups is 2. The van der Waals surface area contributed by atoms with E-state index in [1.54, 1.807) is 0 Å². The van der Waals surface area contributed by atoms with E-state index in [4.69, 9.17) is 33.2 Å². The minimum absolute atomic E-state index is 0.156. The maximum atomic E-state index is 11.5. The van der Waals surface area contributed by atoms with Crippen LogP contribution in [0.25, 0.3) is 0 Å². The van der Waals surface area contributed by atoms with Crippen molar-refractivity contribution in [3.8, 4) is 0 Å². The van der Waals surface area contributed by atoms with Crippen molar-refractivity contribution in [2.24, 2.45) is 0 Å². The van der Waals surface area contributed by atoms with Gasteiger partial charge >= 0.3 is 11.9 Å². The first-order valence-electron chi connectivity index (χ1n) is 11.0. The Morgan fingerprint density at radius 2 is 1.03 bits per heavy atom. The lowest BCUT2D eigenvalue weighted by atomic mass is 10.2. The molecule has 0 aromatic heterocycles. The van der Waals surface area contributed by atoms with Crippen LogP contribution >= 0.6 is 0 Å². The Balaban J connectivity index is 3.11. The zero-order valence-electron chi connectivity index (χ0n) is 19.0. The molecule has 182 valence electrons. The normalized spacial score (nSPS) is 10.7. The Hall–Kier alpha value is -1.52. The molecule has 0 rings (SSSR count). The Morgan fingerprint density at radius 1 is 0.613 bits per heavy atom. The zero-order valence-corrected chi connectivity index (χ0v) is 19.0. The van der Waals surface area contributed by atoms with Gasteiger partial charge in [0, 0.05) is 12.5 Å². The molecule has 0 aromatic carbocycles. The summed E-state index contributed by atoms with van der Waals surface area (Å²) in [4.78, 5) is 22.2. The molecule has 0 saturated heterocycles. The van der Waals surface area contributed by atoms with Gasteiger partial charge in [-0.15, -0.1) is 0 Å². The van der Waals surface area contributed by atoms with Crippen LogP contribution in [-0.4, -0.2) is 91.2 Å². The van der Waals surface area contributed by atoms with E-state index in [1.807, 2.05) is 0 Å². The average molecular weight is 449 g/mol. The van der Waals surface area contributed by atoms with Gasteiger partial charge in [-0.05, 0) is 6.42 Å². The third-order valence-electron chi connectivity index (χ3n) is 3.85. The summed E-state index contributed by atoms with van der Waals surface area (Å²) >= 11 is 0. The first kappa shape index (κ1) is 29.5. The number of esters is 2. The molecule has 0 heterocycles. The maximum absolute atomic E-state index is 11.5. The number of unbranched alkanes of at least 4 members (excludes halogenated alkanes) is 3. The minimum Gasteiger partial charge on any atom is -0.463 e. The number of ether oxygens (including phenoxy) is 7. The molecule has 0 atom stereocenters. The minimum atomic E-state index is -0.459. The molecule has 0 aliphatic heterocycles. The molecule has 9 heteroatoms. The molecule has 0 bridgehead atoms. The van der Waals surface area contributed by atoms with E-state index in [9.17, 15) is 9.59 Å². The van der Waals surface area contributed by atoms with Crippen LogP contribution in [0.4, 0.5) is 0 Å². The fraction of sp³-hybridized carbons (Fsp3) is 0.818. The fourth-order valence-corrected chi connectivity index (χ4v) is 2.22. The summed E-state index contributed by atoms with van der Waals surface area (Å²) in [7, 11) is 0. The van der Waals surface area contributed by atoms with Crippen molar-refractivity contribution in [3.63, 3.8) is 0 Å². The SMILES string of the molecule is C=CC(=O)OCCOCCOCCOCCOCCOCCOC(=O)CCCCCC. The van der Waals surface area contributed by atoms with Gasteiger partial charge in [0.05, 0.1) is 66.1 Å². The Bertz CT molecular complexity index is 429. The van der Waals surface area contributed by atoms with Gasteiger partial charge in [0.2, 0.25) is 0 Å². The highest BCUT2D eigenvalue weighted by molar-refractivity contribution is 5.81. The van der Waals surface area contributed by atoms with Crippen molar-refractivity contribution < 1.29 is 42.7 Å². The standard InChI is InChI=1S/C22H40O9/c1-3-5-6-7-8-22(24)31-20-18-29-16-14-27-12-10-25-9-11-26-13-15-28-17-19-30-21(23)4-2/h4H,2-3,5-20H2,1H3. The van der Waals surface area contributed by atoms with Crippen LogP contribution in [0, 0.1) is 0 Å². The predicted octanol–water partition coefficient (Wildman–Crippen LogP) is 2.31. The highest BCUT2D eigenvalue weighted by Crippen LogP contribution is 2.03. The monoisotopic (exact) mass is 448 g/mol. The predicted molar refractivity (Wildman–Crippen MR) is 115 cm³/mol. The molecular formula is C22H40O9. The molecule has 0 aliphatic carbocycles. The van der Waals surface area contributed by atoms with Crippen molar-refractivity contribution in [2.75, 3.05) is 79.3 Å². The summed E-state index contributed by atoms with van der Waals surface area (Å²) in [6.45, 7) is 10.3. The topological polar surface area (TPSA) is 98.8 Å². The second kappa shape index (κ2) is 24.7. The van der Waals surface area contributed by atoms with Crippen LogP contribution in [0.2, 0.25) is 0 Å². The Labute approximate surface area is 186 Å². The summed E-state index contributed by atoms with van der Waals surface area (Å²) in [5.74, 6) is -0.615. The van der Waals surface area contributed by atoms with Crippen molar-refractivity contribution in [1.29, 1.82) is 0 Å². The third kappa shape index (κ3) is 24.6. The molecule has 0 unspecified atom stereocenters. The van der Waals surface area contributed by atoms with Gasteiger partial charge < -0.3 is 33.2 Å². The number of hydrogen-bond donors (Lipinski definition) is 0. The lowest BCUT2D eigenvalue weighted by Gasteiger charge is -2.08. The van der Waals surface area contributed by atoms with E-state index in [2.05, 4.69) is 13.5 Å². The molecule has 0 radical (unpaired) electrons. The molecule has 0 spiro atoms. The van der Waals surface area contributed by atoms with Crippen LogP contribution in [0.3, 0.4) is 0 Å². The highest BCUT2D eigenvalue weighted by atomic mass is 16.6. The van der Waals surface area contributed by atoms with E-state index in [0.717, 1.165) is 31.8 Å². The van der Waals surface area contributed by atoms with E-state index in [1.165, 1.54) is 0 Å². The molecular weight excluding hydrogens is 408 g/mol. The van der Waals surface area contributed by atoms with Crippen LogP contribution in [0.15, 0.2) is 12.7 Å². The molecule has 0 aliphatic rings. The summed E-state index contributed by atoms with van der Waals surface area (Å²) in [5, 5.41) is 0. The zero-order chi connectivity index (χ0) is 22.8. The largest absolute Gasteiger partial charge is 0.463 e. The maximum Gasteiger partial charge on any atom is 0.330 e. The van der Waals surface area contributed by atoms with E-state index >= 15 is 0 Å². The Kier molecular flexibility index (Phi) is 23.5. The molecule has 0 aromatic rings. The number of carbonyl (C=O) groups excluding carboxylic acids is 2. The van der Waals surface area contributed by atoms with Crippen LogP contribution in [0.5, 0.6) is 0 Å². The van der Waals surface area contributed by atoms with Crippen molar-refractivity contribution >= 4 is 11.9 Å². The second-order valence-electron chi connectivity index (χ2n) is 6.46. The van der Waals surface area contributed by atoms with Gasteiger partial charge in [-0.25, -0.2) is 4.79 Å². The molecule has 0 N–H and O–H groups in total. The summed E-state index contributed by atoms with van der Waals surface area (Å²) in [6, 6.07) is 0. The highest BCUT2D eigenvalue weighted by Gasteiger charge is 2.02. The lowest BCUT2D eigenvalue weighted by Crippen LogP contribution is -2.15. The van der Waals surface area contributed by atoms with Gasteiger partial charge in [-0.2, -0.15) is 0 Å². The number of rotatable bonds is 24. The van der Waals surface area contributed by atoms with E-state index < -0.39 is 5.97 Å². The third-order valence-corrected chi connectivity index (χ3v) is 3.85. The Morgan fingerprint density at radius 3 is 1.45 bits per heavy atom. The van der Waals surface area contributed by atoms with Crippen molar-refractivity contribution in [1.82, 2.24) is 0 Å². The van der Waals surface area contributed by atoms with Crippen molar-refractivity contribution in [3.05, 3.63) is 12.7 Å². The number of hydrogen-bond acceptors (Lipinski definition) is 9. The van der Waals surface area contributed by atoms with Gasteiger partial charge in [0.15, 0.2) is 0 Å². The lowest BCUT2D eigenvalue weighted by molar-refractivity contribution is -0.145. The van der Waals surface area contributed by atoms with E-state index in [0.29, 0.717) is 72.5 Å². The van der Waals surface area contributed by atoms with Gasteiger partial charge in [0.25, 0.3) is 0 Å². The van der Waals surface area contributed by atoms with Crippen LogP contribution < -0.4 is 0 Å². The molecule has 9 nitrogen and oxygen atoms in total. The first-order valence-corrected chi connectivity index (χ1v) is 11.0. The van der Waals surface area contributed by atoms with Gasteiger partial charge in [-0.1, -0.05) is 32.8 Å². The smallest absolute Gasteiger partial charge is 0.330 e. The van der Waals surface area contributed by atoms with Gasteiger partial charge in [0.1, 0.15) is 13.2 Å². The first-order chi connectivity index (χ1) is 15.2. The molecule has 0 amide bonds. The quantitative estimate of drug-likeness (QED) is 0.125. The summed E-state index contributed by atoms with van der Waals surface area (Å²) in [5.41, 5.74) is 0. The van der Waals surface area contributed by atoms with E-state index in [-0.39, 0.29) is 19.2 Å². The molecule has 0 saturated carbocycles. The second-order valence-corrected chi connectivity index (χ2v) is 6.46. The van der Waals surface area contributed by atoms with Gasteiger partial charge in [-0.3, -0.25) is 4.79 Å². The molecule has 31 heavy (non-hydrogen) atoms. The summed E-state index contributed by atoms with van der Waals surface area (Å²) in [6.07, 6.45) is 5.87. The van der Waals surface area contributed by atoms with Crippen LogP contribution in [-0.2, 0) is 42.7 Å².